The topological polar surface area (TPSA) is 77.8 Å². The van der Waals surface area contributed by atoms with E-state index in [0.29, 0.717) is 0 Å². The van der Waals surface area contributed by atoms with Gasteiger partial charge >= 0.3 is 111 Å². The molecule has 0 unspecified atom stereocenters. The number of rotatable bonds is 0. The van der Waals surface area contributed by atoms with Crippen LogP contribution in [0, 0.1) is 0 Å². The van der Waals surface area contributed by atoms with E-state index in [1.165, 1.54) is 0 Å². The van der Waals surface area contributed by atoms with Crippen LogP contribution >= 0.6 is 31.8 Å². The molecule has 0 heterocycles. The maximum absolute atomic E-state index is 8.88. The molecule has 0 atom stereocenters. The van der Waals surface area contributed by atoms with E-state index in [4.69, 9.17) is 19.2 Å². The summed E-state index contributed by atoms with van der Waals surface area (Å²) in [6, 6.07) is 0. The molecule has 0 aromatic heterocycles. The summed E-state index contributed by atoms with van der Waals surface area (Å²) in [5.41, 5.74) is 0. The molecule has 0 rings (SSSR count). The molecule has 3 N–H and O–H groups in total. The van der Waals surface area contributed by atoms with Crippen molar-refractivity contribution in [1.29, 1.82) is 0 Å². The minimum atomic E-state index is -4.64. The first-order valence-corrected chi connectivity index (χ1v) is 2.35. The molecule has 4 nitrogen and oxygen atoms in total. The Hall–Kier alpha value is 4.11. The van der Waals surface area contributed by atoms with E-state index < -0.39 is 7.82 Å². The third-order valence-corrected chi connectivity index (χ3v) is 0. The van der Waals surface area contributed by atoms with E-state index in [2.05, 4.69) is 0 Å². The minimum Gasteiger partial charge on any atom is -1.00 e. The molecular weight excluding hydrogens is 300 g/mol. The summed E-state index contributed by atoms with van der Waals surface area (Å²) >= 11 is 0. The second kappa shape index (κ2) is 11.1. The first-order chi connectivity index (χ1) is 2.00. The van der Waals surface area contributed by atoms with Crippen molar-refractivity contribution in [1.82, 2.24) is 0 Å². The fraction of sp³-hybridized carbons (Fsp3) is 0. The van der Waals surface area contributed by atoms with E-state index in [0.717, 1.165) is 0 Å². The summed E-state index contributed by atoms with van der Waals surface area (Å²) in [5, 5.41) is 0. The van der Waals surface area contributed by atoms with Crippen molar-refractivity contribution in [3.05, 3.63) is 0 Å². The van der Waals surface area contributed by atoms with Crippen LogP contribution in [-0.2, 0) is 4.57 Å². The van der Waals surface area contributed by atoms with Gasteiger partial charge in [0.05, 0.1) is 0 Å². The van der Waals surface area contributed by atoms with Crippen LogP contribution in [0.1, 0.15) is 2.85 Å². The molecule has 0 saturated carbocycles. The Morgan fingerprint density at radius 2 is 1.12 bits per heavy atom. The fourth-order valence-electron chi connectivity index (χ4n) is 0. The zero-order valence-corrected chi connectivity index (χ0v) is 14.1. The third kappa shape index (κ3) is 49.6. The van der Waals surface area contributed by atoms with E-state index >= 15 is 0 Å². The van der Waals surface area contributed by atoms with Gasteiger partial charge in [0, 0.05) is 0 Å². The van der Waals surface area contributed by atoms with E-state index in [1.807, 2.05) is 0 Å². The molecule has 0 amide bonds. The molecule has 0 aromatic carbocycles. The Morgan fingerprint density at radius 3 is 1.12 bits per heavy atom. The molecule has 8 heavy (non-hydrogen) atoms. The van der Waals surface area contributed by atoms with Gasteiger partial charge < -0.3 is 17.5 Å². The van der Waals surface area contributed by atoms with Crippen LogP contribution in [0.15, 0.2) is 0 Å². The van der Waals surface area contributed by atoms with Crippen molar-refractivity contribution < 1.29 is 125 Å². The predicted octanol–water partition coefficient (Wildman–Crippen LogP) is -6.08. The van der Waals surface area contributed by atoms with E-state index in [1.54, 1.807) is 0 Å². The summed E-state index contributed by atoms with van der Waals surface area (Å²) in [5.74, 6) is 0. The van der Waals surface area contributed by atoms with Crippen LogP contribution in [0.2, 0.25) is 0 Å². The predicted molar refractivity (Wildman–Crippen MR) is 31.9 cm³/mol. The van der Waals surface area contributed by atoms with E-state index in [9.17, 15) is 0 Å². The zero-order valence-electron chi connectivity index (χ0n) is 6.61. The summed E-state index contributed by atoms with van der Waals surface area (Å²) < 4.78 is 8.88. The normalized spacial score (nSPS) is 7.38. The Balaban J connectivity index is -0.00000000800. The number of halogens is 1. The largest absolute Gasteiger partial charge is 1.00 e. The van der Waals surface area contributed by atoms with Gasteiger partial charge in [-0.1, -0.05) is 0 Å². The molecule has 0 aromatic rings. The van der Waals surface area contributed by atoms with Crippen LogP contribution in [0.25, 0.3) is 0 Å². The molecular formula is H6IK2O4P. The molecule has 44 valence electrons. The third-order valence-electron chi connectivity index (χ3n) is 0. The van der Waals surface area contributed by atoms with Gasteiger partial charge in [0.25, 0.3) is 0 Å². The van der Waals surface area contributed by atoms with Gasteiger partial charge in [-0.3, -0.25) is 0 Å². The van der Waals surface area contributed by atoms with Gasteiger partial charge in [-0.15, -0.1) is 24.0 Å². The molecule has 0 aliphatic rings. The molecule has 0 fully saturated rings. The van der Waals surface area contributed by atoms with Crippen molar-refractivity contribution in [2.45, 2.75) is 0 Å². The van der Waals surface area contributed by atoms with Crippen molar-refractivity contribution in [2.75, 3.05) is 0 Å². The molecule has 0 bridgehead atoms. The first-order valence-electron chi connectivity index (χ1n) is 0.783. The van der Waals surface area contributed by atoms with Gasteiger partial charge in [0.1, 0.15) is 0 Å². The molecule has 0 aliphatic carbocycles. The summed E-state index contributed by atoms with van der Waals surface area (Å²) in [6.07, 6.45) is 0. The standard InChI is InChI=1S/HI.2K.H3O4P.2H/c;;;1-5(2,3)4;;/h1H;;;(H3,1,2,3,4);;/q;2*+1;;2*-1. The quantitative estimate of drug-likeness (QED) is 0.236. The van der Waals surface area contributed by atoms with Crippen LogP contribution in [-0.4, -0.2) is 14.7 Å². The van der Waals surface area contributed by atoms with Gasteiger partial charge in [0.2, 0.25) is 0 Å². The first kappa shape index (κ1) is 22.7. The van der Waals surface area contributed by atoms with Crippen molar-refractivity contribution in [2.24, 2.45) is 0 Å². The fourth-order valence-corrected chi connectivity index (χ4v) is 0. The summed E-state index contributed by atoms with van der Waals surface area (Å²) in [6.45, 7) is 0. The SMILES string of the molecule is I.O=P(O)(O)O.[H-].[H-].[K+].[K+]. The van der Waals surface area contributed by atoms with Gasteiger partial charge in [-0.05, 0) is 0 Å². The molecule has 0 spiro atoms. The maximum atomic E-state index is 8.88. The van der Waals surface area contributed by atoms with Crippen molar-refractivity contribution in [3.63, 3.8) is 0 Å². The molecule has 0 saturated heterocycles. The van der Waals surface area contributed by atoms with E-state index in [-0.39, 0.29) is 130 Å². The van der Waals surface area contributed by atoms with Gasteiger partial charge in [0.15, 0.2) is 0 Å². The van der Waals surface area contributed by atoms with Crippen LogP contribution < -0.4 is 103 Å². The Bertz CT molecular complexity index is 67.4. The maximum Gasteiger partial charge on any atom is 1.00 e. The second-order valence-corrected chi connectivity index (χ2v) is 1.54. The van der Waals surface area contributed by atoms with Crippen LogP contribution in [0.5, 0.6) is 0 Å². The average Bonchev–Trinajstić information content (AvgIpc) is 0.722. The average molecular weight is 306 g/mol. The molecule has 0 aliphatic heterocycles. The van der Waals surface area contributed by atoms with Crippen LogP contribution in [0.4, 0.5) is 0 Å². The minimum absolute atomic E-state index is 0. The van der Waals surface area contributed by atoms with Crippen molar-refractivity contribution >= 4 is 31.8 Å². The van der Waals surface area contributed by atoms with Crippen LogP contribution in [0.3, 0.4) is 0 Å². The second-order valence-electron chi connectivity index (χ2n) is 0.513. The molecule has 8 heteroatoms. The smallest absolute Gasteiger partial charge is 1.00 e. The molecule has 0 radical (unpaired) electrons. The zero-order chi connectivity index (χ0) is 4.50. The number of hydrogen-bond acceptors (Lipinski definition) is 1. The monoisotopic (exact) mass is 306 g/mol. The van der Waals surface area contributed by atoms with Crippen molar-refractivity contribution in [3.8, 4) is 0 Å². The Kier molecular flexibility index (Phi) is 31.6. The Morgan fingerprint density at radius 1 is 1.12 bits per heavy atom. The summed E-state index contributed by atoms with van der Waals surface area (Å²) in [4.78, 5) is 21.6. The number of phosphoric acid groups is 1. The Labute approximate surface area is 152 Å². The number of hydrogen-bond donors (Lipinski definition) is 3. The van der Waals surface area contributed by atoms with Gasteiger partial charge in [-0.25, -0.2) is 4.57 Å². The van der Waals surface area contributed by atoms with Gasteiger partial charge in [-0.2, -0.15) is 0 Å². The summed E-state index contributed by atoms with van der Waals surface area (Å²) in [7, 11) is -4.64.